The lowest BCUT2D eigenvalue weighted by molar-refractivity contribution is 0.282. The van der Waals surface area contributed by atoms with Gasteiger partial charge in [-0.1, -0.05) is 12.1 Å². The van der Waals surface area contributed by atoms with Gasteiger partial charge in [0.15, 0.2) is 0 Å². The second-order valence-electron chi connectivity index (χ2n) is 6.00. The highest BCUT2D eigenvalue weighted by Crippen LogP contribution is 2.31. The summed E-state index contributed by atoms with van der Waals surface area (Å²) in [6, 6.07) is 14.1. The van der Waals surface area contributed by atoms with Gasteiger partial charge < -0.3 is 5.11 Å². The Balaban J connectivity index is 1.88. The zero-order valence-electron chi connectivity index (χ0n) is 13.6. The number of fused-ring (bicyclic) bond motifs is 1. The van der Waals surface area contributed by atoms with Crippen molar-refractivity contribution in [1.29, 1.82) is 0 Å². The van der Waals surface area contributed by atoms with E-state index in [1.54, 1.807) is 18.3 Å². The van der Waals surface area contributed by atoms with Crippen molar-refractivity contribution >= 4 is 10.9 Å². The number of nitrogens with one attached hydrogen (secondary N) is 1. The molecule has 2 aromatic heterocycles. The van der Waals surface area contributed by atoms with E-state index in [2.05, 4.69) is 10.2 Å². The van der Waals surface area contributed by atoms with Crippen molar-refractivity contribution in [2.75, 3.05) is 0 Å². The maximum atomic E-state index is 13.2. The third-order valence-corrected chi connectivity index (χ3v) is 4.31. The first-order valence-electron chi connectivity index (χ1n) is 7.96. The van der Waals surface area contributed by atoms with Crippen molar-refractivity contribution in [1.82, 2.24) is 15.2 Å². The number of H-pyrrole nitrogens is 1. The Morgan fingerprint density at radius 2 is 1.88 bits per heavy atom. The molecule has 2 aromatic carbocycles. The number of hydrogen-bond acceptors (Lipinski definition) is 3. The highest BCUT2D eigenvalue weighted by atomic mass is 19.1. The lowest BCUT2D eigenvalue weighted by Gasteiger charge is -2.08. The zero-order valence-corrected chi connectivity index (χ0v) is 13.6. The third-order valence-electron chi connectivity index (χ3n) is 4.31. The normalized spacial score (nSPS) is 11.2. The van der Waals surface area contributed by atoms with E-state index in [-0.39, 0.29) is 12.4 Å². The van der Waals surface area contributed by atoms with Gasteiger partial charge in [0.05, 0.1) is 29.7 Å². The second kappa shape index (κ2) is 6.11. The molecule has 0 spiro atoms. The molecule has 0 aliphatic rings. The monoisotopic (exact) mass is 333 g/mol. The molecule has 2 heterocycles. The van der Waals surface area contributed by atoms with Crippen molar-refractivity contribution in [2.24, 2.45) is 0 Å². The van der Waals surface area contributed by atoms with E-state index in [9.17, 15) is 9.50 Å². The van der Waals surface area contributed by atoms with Crippen molar-refractivity contribution in [3.05, 3.63) is 71.7 Å². The van der Waals surface area contributed by atoms with Gasteiger partial charge in [0.1, 0.15) is 5.82 Å². The smallest absolute Gasteiger partial charge is 0.123 e. The first-order valence-corrected chi connectivity index (χ1v) is 7.96. The van der Waals surface area contributed by atoms with Crippen LogP contribution in [0.1, 0.15) is 11.1 Å². The molecule has 0 atom stereocenters. The van der Waals surface area contributed by atoms with Gasteiger partial charge in [0.25, 0.3) is 0 Å². The van der Waals surface area contributed by atoms with Gasteiger partial charge in [-0.2, -0.15) is 5.10 Å². The van der Waals surface area contributed by atoms with E-state index in [0.29, 0.717) is 0 Å². The number of benzene rings is 2. The van der Waals surface area contributed by atoms with Gasteiger partial charge in [-0.05, 0) is 54.4 Å². The summed E-state index contributed by atoms with van der Waals surface area (Å²) in [5.74, 6) is -0.277. The number of hydrogen-bond donors (Lipinski definition) is 2. The predicted molar refractivity (Wildman–Crippen MR) is 95.4 cm³/mol. The number of aliphatic hydroxyl groups is 1. The molecule has 0 amide bonds. The number of rotatable bonds is 3. The molecule has 0 aliphatic carbocycles. The van der Waals surface area contributed by atoms with Crippen LogP contribution in [0.25, 0.3) is 33.4 Å². The van der Waals surface area contributed by atoms with Crippen LogP contribution < -0.4 is 0 Å². The summed E-state index contributed by atoms with van der Waals surface area (Å²) in [4.78, 5) is 4.75. The quantitative estimate of drug-likeness (QED) is 0.590. The van der Waals surface area contributed by atoms with Crippen molar-refractivity contribution in [3.8, 4) is 22.5 Å². The number of nitrogens with zero attached hydrogens (tertiary/aromatic N) is 2. The van der Waals surface area contributed by atoms with Crippen LogP contribution in [0.5, 0.6) is 0 Å². The fraction of sp³-hybridized carbons (Fsp3) is 0.100. The number of aryl methyl sites for hydroxylation is 1. The summed E-state index contributed by atoms with van der Waals surface area (Å²) in [7, 11) is 0. The number of aliphatic hydroxyl groups excluding tert-OH is 1. The number of pyridine rings is 1. The first kappa shape index (κ1) is 15.5. The Morgan fingerprint density at radius 3 is 2.64 bits per heavy atom. The minimum atomic E-state index is -0.277. The van der Waals surface area contributed by atoms with Crippen LogP contribution in [0.4, 0.5) is 4.39 Å². The first-order chi connectivity index (χ1) is 12.2. The minimum Gasteiger partial charge on any atom is -0.392 e. The molecule has 0 fully saturated rings. The van der Waals surface area contributed by atoms with Crippen LogP contribution in [0.3, 0.4) is 0 Å². The predicted octanol–water partition coefficient (Wildman–Crippen LogP) is 4.23. The topological polar surface area (TPSA) is 61.8 Å². The lowest BCUT2D eigenvalue weighted by atomic mass is 10.0. The zero-order chi connectivity index (χ0) is 17.4. The summed E-state index contributed by atoms with van der Waals surface area (Å²) in [6.07, 6.45) is 1.72. The largest absolute Gasteiger partial charge is 0.392 e. The Hall–Kier alpha value is -3.05. The molecule has 0 unspecified atom stereocenters. The summed E-state index contributed by atoms with van der Waals surface area (Å²) in [6.45, 7) is 2.01. The molecule has 0 bridgehead atoms. The minimum absolute atomic E-state index is 0.0204. The fourth-order valence-corrected chi connectivity index (χ4v) is 3.00. The Labute approximate surface area is 144 Å². The molecule has 4 nitrogen and oxygen atoms in total. The Bertz CT molecular complexity index is 1050. The molecule has 124 valence electrons. The molecule has 25 heavy (non-hydrogen) atoms. The molecular formula is C20H16FN3O. The van der Waals surface area contributed by atoms with Crippen molar-refractivity contribution < 1.29 is 9.50 Å². The van der Waals surface area contributed by atoms with E-state index < -0.39 is 0 Å². The maximum Gasteiger partial charge on any atom is 0.123 e. The molecule has 4 aromatic rings. The molecular weight excluding hydrogens is 317 g/mol. The second-order valence-corrected chi connectivity index (χ2v) is 6.00. The summed E-state index contributed by atoms with van der Waals surface area (Å²) < 4.78 is 13.2. The van der Waals surface area contributed by atoms with E-state index in [0.717, 1.165) is 44.5 Å². The van der Waals surface area contributed by atoms with Gasteiger partial charge in [0, 0.05) is 16.5 Å². The van der Waals surface area contributed by atoms with E-state index in [1.807, 2.05) is 31.2 Å². The lowest BCUT2D eigenvalue weighted by Crippen LogP contribution is -1.92. The molecule has 5 heteroatoms. The van der Waals surface area contributed by atoms with E-state index in [4.69, 9.17) is 4.98 Å². The molecule has 0 aliphatic heterocycles. The van der Waals surface area contributed by atoms with Gasteiger partial charge in [0.2, 0.25) is 0 Å². The fourth-order valence-electron chi connectivity index (χ4n) is 3.00. The van der Waals surface area contributed by atoms with Gasteiger partial charge in [-0.3, -0.25) is 5.10 Å². The van der Waals surface area contributed by atoms with Crippen LogP contribution in [-0.4, -0.2) is 20.3 Å². The summed E-state index contributed by atoms with van der Waals surface area (Å²) >= 11 is 0. The van der Waals surface area contributed by atoms with E-state index >= 15 is 0 Å². The van der Waals surface area contributed by atoms with Crippen molar-refractivity contribution in [3.63, 3.8) is 0 Å². The van der Waals surface area contributed by atoms with Crippen LogP contribution in [0.2, 0.25) is 0 Å². The Morgan fingerprint density at radius 1 is 1.08 bits per heavy atom. The Kier molecular flexibility index (Phi) is 3.78. The highest BCUT2D eigenvalue weighted by molar-refractivity contribution is 5.87. The van der Waals surface area contributed by atoms with Crippen molar-refractivity contribution in [2.45, 2.75) is 13.5 Å². The van der Waals surface area contributed by atoms with Crippen LogP contribution in [0, 0.1) is 12.7 Å². The molecule has 0 saturated carbocycles. The maximum absolute atomic E-state index is 13.2. The summed E-state index contributed by atoms with van der Waals surface area (Å²) in [5, 5.41) is 17.5. The van der Waals surface area contributed by atoms with Crippen LogP contribution in [-0.2, 0) is 6.61 Å². The number of aromatic amines is 1. The average molecular weight is 333 g/mol. The average Bonchev–Trinajstić information content (AvgIpc) is 3.11. The number of halogens is 1. The molecule has 4 rings (SSSR count). The summed E-state index contributed by atoms with van der Waals surface area (Å²) in [5.41, 5.74) is 6.02. The van der Waals surface area contributed by atoms with Gasteiger partial charge >= 0.3 is 0 Å². The standard InChI is InChI=1S/C20H16FN3O/c1-12-8-18(23-19-9-13(11-25)2-7-16(12)19)17-10-22-24-20(17)14-3-5-15(21)6-4-14/h2-10,25H,11H2,1H3,(H,22,24). The van der Waals surface area contributed by atoms with Crippen LogP contribution in [0.15, 0.2) is 54.7 Å². The highest BCUT2D eigenvalue weighted by Gasteiger charge is 2.13. The van der Waals surface area contributed by atoms with Gasteiger partial charge in [-0.15, -0.1) is 0 Å². The van der Waals surface area contributed by atoms with Crippen LogP contribution >= 0.6 is 0 Å². The molecule has 0 radical (unpaired) electrons. The molecule has 2 N–H and O–H groups in total. The molecule has 0 saturated heterocycles. The SMILES string of the molecule is Cc1cc(-c2cn[nH]c2-c2ccc(F)cc2)nc2cc(CO)ccc12. The number of aromatic nitrogens is 3. The van der Waals surface area contributed by atoms with Gasteiger partial charge in [-0.25, -0.2) is 9.37 Å². The third kappa shape index (κ3) is 2.79. The van der Waals surface area contributed by atoms with E-state index in [1.165, 1.54) is 12.1 Å².